The van der Waals surface area contributed by atoms with Crippen LogP contribution in [0.4, 0.5) is 0 Å². The average Bonchev–Trinajstić information content (AvgIpc) is 2.42. The molecule has 3 heteroatoms. The molecule has 2 aliphatic rings. The first kappa shape index (κ1) is 17.4. The maximum absolute atomic E-state index is 9.97. The van der Waals surface area contributed by atoms with Crippen molar-refractivity contribution in [3.05, 3.63) is 0 Å². The zero-order chi connectivity index (χ0) is 13.8. The van der Waals surface area contributed by atoms with Crippen molar-refractivity contribution in [2.24, 2.45) is 5.92 Å². The molecule has 0 saturated carbocycles. The van der Waals surface area contributed by atoms with E-state index in [9.17, 15) is 4.79 Å². The Balaban J connectivity index is 0.000000283. The molecule has 2 fully saturated rings. The summed E-state index contributed by atoms with van der Waals surface area (Å²) in [5.41, 5.74) is 0. The smallest absolute Gasteiger partial charge is 0.209 e. The molecule has 2 heterocycles. The first-order valence-electron chi connectivity index (χ1n) is 7.71. The summed E-state index contributed by atoms with van der Waals surface area (Å²) in [5, 5.41) is 0. The van der Waals surface area contributed by atoms with Crippen LogP contribution >= 0.6 is 0 Å². The largest absolute Gasteiger partial charge is 0.345 e. The number of rotatable bonds is 3. The third-order valence-electron chi connectivity index (χ3n) is 3.61. The molecule has 3 nitrogen and oxygen atoms in total. The summed E-state index contributed by atoms with van der Waals surface area (Å²) in [6.07, 6.45) is 6.44. The molecule has 0 atom stereocenters. The summed E-state index contributed by atoms with van der Waals surface area (Å²) in [6.45, 7) is 14.3. The second-order valence-electron chi connectivity index (χ2n) is 4.83. The lowest BCUT2D eigenvalue weighted by Crippen LogP contribution is -2.44. The fourth-order valence-electron chi connectivity index (χ4n) is 2.23. The Bertz CT molecular complexity index is 185. The van der Waals surface area contributed by atoms with Crippen LogP contribution in [0.3, 0.4) is 0 Å². The van der Waals surface area contributed by atoms with Gasteiger partial charge in [-0.1, -0.05) is 34.1 Å². The van der Waals surface area contributed by atoms with Crippen molar-refractivity contribution in [3.63, 3.8) is 0 Å². The maximum Gasteiger partial charge on any atom is 0.209 e. The molecule has 0 unspecified atom stereocenters. The van der Waals surface area contributed by atoms with Crippen LogP contribution in [0, 0.1) is 5.92 Å². The maximum atomic E-state index is 9.97. The molecule has 0 bridgehead atoms. The first-order chi connectivity index (χ1) is 8.80. The van der Waals surface area contributed by atoms with Gasteiger partial charge in [-0.2, -0.15) is 0 Å². The third-order valence-corrected chi connectivity index (χ3v) is 3.61. The topological polar surface area (TPSA) is 23.6 Å². The summed E-state index contributed by atoms with van der Waals surface area (Å²) < 4.78 is 0. The lowest BCUT2D eigenvalue weighted by molar-refractivity contribution is -0.123. The van der Waals surface area contributed by atoms with Crippen LogP contribution in [0.25, 0.3) is 0 Å². The second kappa shape index (κ2) is 11.5. The lowest BCUT2D eigenvalue weighted by atomic mass is 9.99. The Kier molecular flexibility index (Phi) is 11.2. The highest BCUT2D eigenvalue weighted by Gasteiger charge is 2.22. The Morgan fingerprint density at radius 2 is 1.61 bits per heavy atom. The van der Waals surface area contributed by atoms with Crippen LogP contribution in [-0.4, -0.2) is 48.9 Å². The van der Waals surface area contributed by atoms with E-state index in [0.29, 0.717) is 0 Å². The van der Waals surface area contributed by atoms with Crippen LogP contribution in [0.2, 0.25) is 0 Å². The number of hydrogen-bond donors (Lipinski definition) is 0. The molecule has 1 amide bonds. The van der Waals surface area contributed by atoms with Crippen molar-refractivity contribution >= 4 is 6.41 Å². The zero-order valence-electron chi connectivity index (χ0n) is 12.8. The van der Waals surface area contributed by atoms with Crippen molar-refractivity contribution in [2.75, 3.05) is 32.7 Å². The van der Waals surface area contributed by atoms with Gasteiger partial charge in [0.15, 0.2) is 0 Å². The van der Waals surface area contributed by atoms with Crippen LogP contribution in [0.5, 0.6) is 0 Å². The Morgan fingerprint density at radius 3 is 1.94 bits per heavy atom. The van der Waals surface area contributed by atoms with Crippen LogP contribution in [0.1, 0.15) is 53.4 Å². The molecular formula is C15H32N2O. The van der Waals surface area contributed by atoms with E-state index in [0.717, 1.165) is 25.4 Å². The fraction of sp³-hybridized carbons (Fsp3) is 0.933. The molecule has 0 N–H and O–H groups in total. The van der Waals surface area contributed by atoms with Gasteiger partial charge < -0.3 is 9.80 Å². The van der Waals surface area contributed by atoms with Gasteiger partial charge in [-0.25, -0.2) is 0 Å². The SMILES string of the molecule is CC.CCC1CN(C=O)C1.CCN1CCCCC1. The van der Waals surface area contributed by atoms with Crippen molar-refractivity contribution in [1.29, 1.82) is 0 Å². The standard InChI is InChI=1S/C7H15N.C6H11NO.C2H6/c1-2-8-6-4-3-5-7-8;1-2-6-3-7(4-6)5-8;1-2/h2-7H2,1H3;5-6H,2-4H2,1H3;1-2H3. The number of carbonyl (C=O) groups excluding carboxylic acids is 1. The van der Waals surface area contributed by atoms with E-state index in [1.807, 2.05) is 13.8 Å². The summed E-state index contributed by atoms with van der Waals surface area (Å²) in [6, 6.07) is 0. The zero-order valence-corrected chi connectivity index (χ0v) is 12.8. The molecular weight excluding hydrogens is 224 g/mol. The molecule has 0 radical (unpaired) electrons. The molecule has 0 aromatic carbocycles. The predicted octanol–water partition coefficient (Wildman–Crippen LogP) is 3.00. The minimum absolute atomic E-state index is 0.792. The van der Waals surface area contributed by atoms with Crippen molar-refractivity contribution in [3.8, 4) is 0 Å². The predicted molar refractivity (Wildman–Crippen MR) is 78.7 cm³/mol. The summed E-state index contributed by atoms with van der Waals surface area (Å²) in [5.74, 6) is 0.792. The van der Waals surface area contributed by atoms with Gasteiger partial charge in [-0.3, -0.25) is 4.79 Å². The molecule has 2 aliphatic heterocycles. The van der Waals surface area contributed by atoms with E-state index in [1.54, 1.807) is 4.90 Å². The van der Waals surface area contributed by atoms with Crippen LogP contribution < -0.4 is 0 Å². The molecule has 18 heavy (non-hydrogen) atoms. The van der Waals surface area contributed by atoms with Crippen LogP contribution in [-0.2, 0) is 4.79 Å². The molecule has 0 aromatic rings. The Labute approximate surface area is 114 Å². The number of carbonyl (C=O) groups is 1. The minimum Gasteiger partial charge on any atom is -0.345 e. The van der Waals surface area contributed by atoms with Gasteiger partial charge in [0.1, 0.15) is 0 Å². The summed E-state index contributed by atoms with van der Waals surface area (Å²) >= 11 is 0. The minimum atomic E-state index is 0.792. The van der Waals surface area contributed by atoms with E-state index in [-0.39, 0.29) is 0 Å². The molecule has 0 spiro atoms. The van der Waals surface area contributed by atoms with Crippen LogP contribution in [0.15, 0.2) is 0 Å². The molecule has 0 aliphatic carbocycles. The summed E-state index contributed by atoms with van der Waals surface area (Å²) in [7, 11) is 0. The number of hydrogen-bond acceptors (Lipinski definition) is 2. The molecule has 2 rings (SSSR count). The van der Waals surface area contributed by atoms with Gasteiger partial charge in [-0.05, 0) is 44.8 Å². The van der Waals surface area contributed by atoms with Gasteiger partial charge in [0, 0.05) is 13.1 Å². The monoisotopic (exact) mass is 256 g/mol. The normalized spacial score (nSPS) is 19.9. The average molecular weight is 256 g/mol. The van der Waals surface area contributed by atoms with E-state index < -0.39 is 0 Å². The Hall–Kier alpha value is -0.570. The highest BCUT2D eigenvalue weighted by molar-refractivity contribution is 5.48. The summed E-state index contributed by atoms with van der Waals surface area (Å²) in [4.78, 5) is 14.3. The lowest BCUT2D eigenvalue weighted by Gasteiger charge is -2.35. The van der Waals surface area contributed by atoms with Gasteiger partial charge in [0.05, 0.1) is 0 Å². The number of piperidine rings is 1. The van der Waals surface area contributed by atoms with Crippen molar-refractivity contribution in [1.82, 2.24) is 9.80 Å². The van der Waals surface area contributed by atoms with Gasteiger partial charge in [0.2, 0.25) is 6.41 Å². The van der Waals surface area contributed by atoms with Gasteiger partial charge in [0.25, 0.3) is 0 Å². The van der Waals surface area contributed by atoms with E-state index >= 15 is 0 Å². The second-order valence-corrected chi connectivity index (χ2v) is 4.83. The number of amides is 1. The molecule has 2 saturated heterocycles. The van der Waals surface area contributed by atoms with Crippen molar-refractivity contribution < 1.29 is 4.79 Å². The third kappa shape index (κ3) is 7.00. The quantitative estimate of drug-likeness (QED) is 0.725. The fourth-order valence-corrected chi connectivity index (χ4v) is 2.23. The molecule has 0 aromatic heterocycles. The first-order valence-corrected chi connectivity index (χ1v) is 7.71. The van der Waals surface area contributed by atoms with E-state index in [4.69, 9.17) is 0 Å². The van der Waals surface area contributed by atoms with Gasteiger partial charge >= 0.3 is 0 Å². The highest BCUT2D eigenvalue weighted by atomic mass is 16.1. The van der Waals surface area contributed by atoms with Gasteiger partial charge in [-0.15, -0.1) is 0 Å². The highest BCUT2D eigenvalue weighted by Crippen LogP contribution is 2.15. The van der Waals surface area contributed by atoms with E-state index in [1.165, 1.54) is 45.3 Å². The molecule has 108 valence electrons. The number of nitrogens with zero attached hydrogens (tertiary/aromatic N) is 2. The van der Waals surface area contributed by atoms with Crippen molar-refractivity contribution in [2.45, 2.75) is 53.4 Å². The van der Waals surface area contributed by atoms with E-state index in [2.05, 4.69) is 18.7 Å². The Morgan fingerprint density at radius 1 is 1.06 bits per heavy atom. The number of likely N-dealkylation sites (tertiary alicyclic amines) is 2.